The molecule has 3 atom stereocenters. The maximum atomic E-state index is 14.3. The molecule has 40 heavy (non-hydrogen) atoms. The minimum Gasteiger partial charge on any atom is -0.497 e. The number of carbonyl (C=O) groups is 3. The number of carbonyl (C=O) groups excluding carboxylic acids is 3. The Morgan fingerprint density at radius 2 is 1.75 bits per heavy atom. The van der Waals surface area contributed by atoms with E-state index in [0.717, 1.165) is 34.6 Å². The molecule has 0 radical (unpaired) electrons. The zero-order valence-corrected chi connectivity index (χ0v) is 23.7. The second kappa shape index (κ2) is 10.4. The normalized spacial score (nSPS) is 21.9. The Morgan fingerprint density at radius 1 is 1.00 bits per heavy atom. The van der Waals surface area contributed by atoms with Gasteiger partial charge in [0.15, 0.2) is 6.10 Å². The third kappa shape index (κ3) is 4.13. The minimum absolute atomic E-state index is 0.303. The molecule has 3 aliphatic rings. The van der Waals surface area contributed by atoms with Gasteiger partial charge in [-0.25, -0.2) is 14.8 Å². The van der Waals surface area contributed by atoms with E-state index in [9.17, 15) is 14.4 Å². The van der Waals surface area contributed by atoms with Gasteiger partial charge in [0, 0.05) is 21.5 Å². The van der Waals surface area contributed by atoms with Gasteiger partial charge in [-0.15, -0.1) is 11.3 Å². The number of benzene rings is 2. The molecule has 208 valence electrons. The first-order chi connectivity index (χ1) is 19.4. The van der Waals surface area contributed by atoms with E-state index in [1.807, 2.05) is 0 Å². The predicted molar refractivity (Wildman–Crippen MR) is 149 cm³/mol. The van der Waals surface area contributed by atoms with Crippen molar-refractivity contribution in [3.8, 4) is 11.5 Å². The summed E-state index contributed by atoms with van der Waals surface area (Å²) in [6.07, 6.45) is 2.30. The van der Waals surface area contributed by atoms with Crippen LogP contribution in [0.25, 0.3) is 0 Å². The lowest BCUT2D eigenvalue weighted by atomic mass is 9.90. The van der Waals surface area contributed by atoms with Gasteiger partial charge in [-0.3, -0.25) is 14.4 Å². The fourth-order valence-corrected chi connectivity index (χ4v) is 7.34. The zero-order valence-electron chi connectivity index (χ0n) is 22.1. The van der Waals surface area contributed by atoms with Gasteiger partial charge in [0.1, 0.15) is 22.4 Å². The number of ether oxygens (including phenoxy) is 3. The van der Waals surface area contributed by atoms with Crippen LogP contribution >= 0.6 is 22.9 Å². The first-order valence-corrected chi connectivity index (χ1v) is 14.1. The summed E-state index contributed by atoms with van der Waals surface area (Å²) in [5, 5.41) is 2.42. The highest BCUT2D eigenvalue weighted by Gasteiger charge is 2.61. The van der Waals surface area contributed by atoms with Crippen LogP contribution in [-0.4, -0.2) is 45.2 Å². The molecule has 0 bridgehead atoms. The van der Waals surface area contributed by atoms with E-state index >= 15 is 0 Å². The van der Waals surface area contributed by atoms with Crippen LogP contribution in [0.2, 0.25) is 5.02 Å². The molecule has 2 saturated heterocycles. The van der Waals surface area contributed by atoms with Crippen molar-refractivity contribution >= 4 is 51.4 Å². The Bertz CT molecular complexity index is 1500. The number of hydroxylamine groups is 1. The number of halogens is 1. The largest absolute Gasteiger partial charge is 0.497 e. The van der Waals surface area contributed by atoms with Crippen LogP contribution in [0.4, 0.5) is 10.7 Å². The molecule has 1 aromatic heterocycles. The van der Waals surface area contributed by atoms with Gasteiger partial charge < -0.3 is 14.2 Å². The van der Waals surface area contributed by atoms with Crippen LogP contribution in [0.1, 0.15) is 45.2 Å². The highest BCUT2D eigenvalue weighted by molar-refractivity contribution is 7.17. The average molecular weight is 583 g/mol. The molecule has 3 heterocycles. The Kier molecular flexibility index (Phi) is 6.93. The summed E-state index contributed by atoms with van der Waals surface area (Å²) in [4.78, 5) is 49.6. The van der Waals surface area contributed by atoms with Crippen LogP contribution in [0.15, 0.2) is 42.5 Å². The van der Waals surface area contributed by atoms with Crippen LogP contribution in [0, 0.1) is 5.92 Å². The Balaban J connectivity index is 1.47. The fraction of sp³-hybridized carbons (Fsp3) is 0.345. The SMILES string of the molecule is COC(=O)c1c(N2C(=O)[C@H]3[C@H](ON(c4ccc(Cl)cc4)[C@H]3c3ccc(OC)cc3OC)C2=O)sc2c1CCCC2. The van der Waals surface area contributed by atoms with Crippen molar-refractivity contribution in [2.75, 3.05) is 31.3 Å². The number of anilines is 2. The number of amides is 2. The molecule has 2 aromatic carbocycles. The second-order valence-electron chi connectivity index (χ2n) is 9.80. The van der Waals surface area contributed by atoms with Gasteiger partial charge in [0.25, 0.3) is 5.91 Å². The Morgan fingerprint density at radius 3 is 2.45 bits per heavy atom. The summed E-state index contributed by atoms with van der Waals surface area (Å²) in [5.74, 6) is -1.37. The van der Waals surface area contributed by atoms with Crippen LogP contribution in [-0.2, 0) is 32.0 Å². The predicted octanol–water partition coefficient (Wildman–Crippen LogP) is 5.14. The lowest BCUT2D eigenvalue weighted by Crippen LogP contribution is -2.37. The van der Waals surface area contributed by atoms with E-state index in [2.05, 4.69) is 0 Å². The lowest BCUT2D eigenvalue weighted by molar-refractivity contribution is -0.126. The van der Waals surface area contributed by atoms with E-state index < -0.39 is 35.8 Å². The van der Waals surface area contributed by atoms with Crippen molar-refractivity contribution in [2.24, 2.45) is 5.92 Å². The van der Waals surface area contributed by atoms with Gasteiger partial charge in [0.05, 0.1) is 38.6 Å². The second-order valence-corrected chi connectivity index (χ2v) is 11.3. The topological polar surface area (TPSA) is 94.6 Å². The van der Waals surface area contributed by atoms with E-state index in [1.54, 1.807) is 54.6 Å². The third-order valence-electron chi connectivity index (χ3n) is 7.70. The maximum absolute atomic E-state index is 14.3. The van der Waals surface area contributed by atoms with E-state index in [0.29, 0.717) is 44.8 Å². The molecular formula is C29H27ClN2O7S. The Hall–Kier alpha value is -3.60. The van der Waals surface area contributed by atoms with E-state index in [-0.39, 0.29) is 0 Å². The molecule has 2 amide bonds. The number of thiophene rings is 1. The van der Waals surface area contributed by atoms with Gasteiger partial charge in [-0.1, -0.05) is 11.6 Å². The van der Waals surface area contributed by atoms with Crippen molar-refractivity contribution in [1.29, 1.82) is 0 Å². The number of esters is 1. The molecule has 0 spiro atoms. The summed E-state index contributed by atoms with van der Waals surface area (Å²) < 4.78 is 16.2. The third-order valence-corrected chi connectivity index (χ3v) is 9.23. The number of hydrogen-bond acceptors (Lipinski definition) is 9. The summed E-state index contributed by atoms with van der Waals surface area (Å²) in [6, 6.07) is 11.5. The molecule has 0 N–H and O–H groups in total. The lowest BCUT2D eigenvalue weighted by Gasteiger charge is -2.29. The minimum atomic E-state index is -1.11. The number of fused-ring (bicyclic) bond motifs is 2. The van der Waals surface area contributed by atoms with Crippen LogP contribution in [0.5, 0.6) is 11.5 Å². The van der Waals surface area contributed by atoms with Gasteiger partial charge in [-0.2, -0.15) is 0 Å². The van der Waals surface area contributed by atoms with Crippen LogP contribution < -0.4 is 19.4 Å². The molecule has 0 unspecified atom stereocenters. The summed E-state index contributed by atoms with van der Waals surface area (Å²) in [6.45, 7) is 0. The molecule has 11 heteroatoms. The molecule has 9 nitrogen and oxygen atoms in total. The summed E-state index contributed by atoms with van der Waals surface area (Å²) >= 11 is 7.45. The fourth-order valence-electron chi connectivity index (χ4n) is 5.83. The maximum Gasteiger partial charge on any atom is 0.341 e. The highest BCUT2D eigenvalue weighted by Crippen LogP contribution is 2.52. The van der Waals surface area contributed by atoms with Crippen molar-refractivity contribution < 1.29 is 33.4 Å². The first kappa shape index (κ1) is 26.6. The summed E-state index contributed by atoms with van der Waals surface area (Å²) in [5.41, 5.74) is 2.44. The number of rotatable bonds is 6. The monoisotopic (exact) mass is 582 g/mol. The molecule has 0 saturated carbocycles. The standard InChI is InChI=1S/C29H27ClN2O7S/c1-36-17-12-13-18(20(14-17)37-2)24-23-25(39-32(24)16-10-8-15(30)9-11-16)27(34)31(26(23)33)28-22(29(35)38-3)19-6-4-5-7-21(19)40-28/h8-14,23-25H,4-7H2,1-3H3/t23-,24+,25+/m1/s1. The molecule has 2 fully saturated rings. The molecule has 6 rings (SSSR count). The van der Waals surface area contributed by atoms with Gasteiger partial charge in [-0.05, 0) is 67.6 Å². The molecule has 2 aliphatic heterocycles. The Labute approximate surface area is 240 Å². The van der Waals surface area contributed by atoms with Gasteiger partial charge in [0.2, 0.25) is 5.91 Å². The van der Waals surface area contributed by atoms with E-state index in [4.69, 9.17) is 30.6 Å². The molecule has 3 aromatic rings. The number of aryl methyl sites for hydroxylation is 1. The zero-order chi connectivity index (χ0) is 28.1. The van der Waals surface area contributed by atoms with Crippen molar-refractivity contribution in [2.45, 2.75) is 37.8 Å². The highest BCUT2D eigenvalue weighted by atomic mass is 35.5. The average Bonchev–Trinajstić information content (AvgIpc) is 3.62. The van der Waals surface area contributed by atoms with Crippen molar-refractivity contribution in [3.05, 3.63) is 69.1 Å². The number of hydrogen-bond donors (Lipinski definition) is 0. The first-order valence-electron chi connectivity index (χ1n) is 12.9. The molecule has 1 aliphatic carbocycles. The summed E-state index contributed by atoms with van der Waals surface area (Å²) in [7, 11) is 4.39. The van der Waals surface area contributed by atoms with Gasteiger partial charge >= 0.3 is 5.97 Å². The van der Waals surface area contributed by atoms with E-state index in [1.165, 1.54) is 25.6 Å². The number of methoxy groups -OCH3 is 3. The smallest absolute Gasteiger partial charge is 0.341 e. The quantitative estimate of drug-likeness (QED) is 0.291. The molecular weight excluding hydrogens is 556 g/mol. The number of imide groups is 1. The van der Waals surface area contributed by atoms with Crippen molar-refractivity contribution in [1.82, 2.24) is 0 Å². The van der Waals surface area contributed by atoms with Crippen molar-refractivity contribution in [3.63, 3.8) is 0 Å². The number of nitrogens with zero attached hydrogens (tertiary/aromatic N) is 2. The van der Waals surface area contributed by atoms with Crippen LogP contribution in [0.3, 0.4) is 0 Å².